The van der Waals surface area contributed by atoms with Crippen LogP contribution in [-0.4, -0.2) is 30.2 Å². The first-order chi connectivity index (χ1) is 11.0. The summed E-state index contributed by atoms with van der Waals surface area (Å²) in [7, 11) is 2.99. The Morgan fingerprint density at radius 2 is 2.09 bits per heavy atom. The van der Waals surface area contributed by atoms with Crippen LogP contribution in [0.1, 0.15) is 29.2 Å². The van der Waals surface area contributed by atoms with Crippen molar-refractivity contribution in [1.29, 1.82) is 0 Å². The monoisotopic (exact) mass is 332 g/mol. The molecule has 1 fully saturated rings. The average molecular weight is 333 g/mol. The Morgan fingerprint density at radius 3 is 2.70 bits per heavy atom. The third-order valence-electron chi connectivity index (χ3n) is 4.34. The number of halogens is 1. The molecular weight excluding hydrogens is 316 g/mol. The molecule has 0 bridgehead atoms. The molecule has 5 nitrogen and oxygen atoms in total. The molecule has 1 saturated carbocycles. The van der Waals surface area contributed by atoms with Crippen LogP contribution in [0, 0.1) is 6.92 Å². The quantitative estimate of drug-likeness (QED) is 0.805. The average Bonchev–Trinajstić information content (AvgIpc) is 3.31. The van der Waals surface area contributed by atoms with Crippen LogP contribution in [0.3, 0.4) is 0 Å². The van der Waals surface area contributed by atoms with Crippen molar-refractivity contribution in [1.82, 2.24) is 9.97 Å². The Labute approximate surface area is 139 Å². The van der Waals surface area contributed by atoms with Crippen LogP contribution in [0.2, 0.25) is 5.15 Å². The van der Waals surface area contributed by atoms with Gasteiger partial charge in [-0.2, -0.15) is 0 Å². The lowest BCUT2D eigenvalue weighted by Gasteiger charge is -2.19. The zero-order valence-corrected chi connectivity index (χ0v) is 13.9. The van der Waals surface area contributed by atoms with E-state index in [-0.39, 0.29) is 11.9 Å². The summed E-state index contributed by atoms with van der Waals surface area (Å²) in [4.78, 5) is 21.0. The van der Waals surface area contributed by atoms with Crippen molar-refractivity contribution < 1.29 is 14.3 Å². The molecule has 0 amide bonds. The number of aromatic nitrogens is 2. The number of methoxy groups -OCH3 is 2. The van der Waals surface area contributed by atoms with Gasteiger partial charge in [-0.3, -0.25) is 9.78 Å². The van der Waals surface area contributed by atoms with Crippen molar-refractivity contribution in [3.63, 3.8) is 0 Å². The molecule has 120 valence electrons. The first kappa shape index (κ1) is 15.7. The highest BCUT2D eigenvalue weighted by Crippen LogP contribution is 2.62. The maximum atomic E-state index is 12.6. The number of aryl methyl sites for hydroxylation is 1. The smallest absolute Gasteiger partial charge is 0.317 e. The van der Waals surface area contributed by atoms with Gasteiger partial charge in [-0.15, -0.1) is 0 Å². The van der Waals surface area contributed by atoms with E-state index in [1.807, 2.05) is 25.1 Å². The molecule has 1 aromatic carbocycles. The van der Waals surface area contributed by atoms with E-state index in [4.69, 9.17) is 21.1 Å². The van der Waals surface area contributed by atoms with Crippen LogP contribution >= 0.6 is 11.6 Å². The van der Waals surface area contributed by atoms with Crippen LogP contribution < -0.4 is 4.74 Å². The van der Waals surface area contributed by atoms with Gasteiger partial charge in [0.25, 0.3) is 0 Å². The normalized spacial score (nSPS) is 22.5. The number of hydrogen-bond acceptors (Lipinski definition) is 5. The molecular formula is C17H17ClN2O3. The van der Waals surface area contributed by atoms with E-state index in [9.17, 15) is 4.79 Å². The van der Waals surface area contributed by atoms with Gasteiger partial charge < -0.3 is 9.47 Å². The van der Waals surface area contributed by atoms with E-state index < -0.39 is 5.41 Å². The molecule has 2 atom stereocenters. The summed E-state index contributed by atoms with van der Waals surface area (Å²) in [5.74, 6) is 0.281. The van der Waals surface area contributed by atoms with E-state index in [2.05, 4.69) is 9.97 Å². The zero-order chi connectivity index (χ0) is 16.6. The van der Waals surface area contributed by atoms with E-state index in [1.165, 1.54) is 13.3 Å². The molecule has 0 saturated heterocycles. The Morgan fingerprint density at radius 1 is 1.30 bits per heavy atom. The minimum absolute atomic E-state index is 0.101. The maximum absolute atomic E-state index is 12.6. The molecule has 0 radical (unpaired) electrons. The lowest BCUT2D eigenvalue weighted by molar-refractivity contribution is -0.143. The van der Waals surface area contributed by atoms with Gasteiger partial charge in [0.15, 0.2) is 0 Å². The highest BCUT2D eigenvalue weighted by Gasteiger charge is 2.64. The predicted molar refractivity (Wildman–Crippen MR) is 85.8 cm³/mol. The number of ether oxygens (including phenoxy) is 2. The molecule has 2 aromatic rings. The molecule has 23 heavy (non-hydrogen) atoms. The summed E-state index contributed by atoms with van der Waals surface area (Å²) in [5, 5.41) is 0.325. The van der Waals surface area contributed by atoms with E-state index in [0.717, 1.165) is 16.8 Å². The van der Waals surface area contributed by atoms with Crippen molar-refractivity contribution in [2.24, 2.45) is 0 Å². The highest BCUT2D eigenvalue weighted by molar-refractivity contribution is 6.29. The number of carbonyl (C=O) groups excluding carboxylic acids is 1. The first-order valence-electron chi connectivity index (χ1n) is 7.24. The second-order valence-electron chi connectivity index (χ2n) is 5.69. The summed E-state index contributed by atoms with van der Waals surface area (Å²) in [6, 6.07) is 5.80. The van der Waals surface area contributed by atoms with E-state index in [1.54, 1.807) is 13.3 Å². The number of nitrogens with zero attached hydrogens (tertiary/aromatic N) is 2. The Bertz CT molecular complexity index is 748. The summed E-state index contributed by atoms with van der Waals surface area (Å²) in [6.07, 6.45) is 3.71. The summed E-state index contributed by atoms with van der Waals surface area (Å²) in [6.45, 7) is 1.98. The van der Waals surface area contributed by atoms with Gasteiger partial charge >= 0.3 is 5.97 Å². The van der Waals surface area contributed by atoms with Gasteiger partial charge in [-0.05, 0) is 19.4 Å². The lowest BCUT2D eigenvalue weighted by atomic mass is 9.90. The maximum Gasteiger partial charge on any atom is 0.317 e. The lowest BCUT2D eigenvalue weighted by Crippen LogP contribution is -2.25. The van der Waals surface area contributed by atoms with Crippen LogP contribution in [0.5, 0.6) is 5.75 Å². The SMILES string of the molecule is COC(=O)[C@]1(c2cc(C)ccc2OC)C[C@H]1c1cnc(Cl)cn1. The zero-order valence-electron chi connectivity index (χ0n) is 13.2. The molecule has 1 aromatic heterocycles. The largest absolute Gasteiger partial charge is 0.496 e. The molecule has 3 rings (SSSR count). The number of carbonyl (C=O) groups is 1. The third-order valence-corrected chi connectivity index (χ3v) is 4.54. The van der Waals surface area contributed by atoms with Crippen LogP contribution in [0.25, 0.3) is 0 Å². The summed E-state index contributed by atoms with van der Waals surface area (Å²) in [5.41, 5.74) is 1.82. The Kier molecular flexibility index (Phi) is 3.98. The first-order valence-corrected chi connectivity index (χ1v) is 7.61. The van der Waals surface area contributed by atoms with E-state index >= 15 is 0 Å². The van der Waals surface area contributed by atoms with Gasteiger partial charge in [0.1, 0.15) is 16.3 Å². The molecule has 1 aliphatic rings. The van der Waals surface area contributed by atoms with Gasteiger partial charge in [-0.25, -0.2) is 4.98 Å². The molecule has 1 aliphatic carbocycles. The van der Waals surface area contributed by atoms with Crippen LogP contribution in [0.4, 0.5) is 0 Å². The predicted octanol–water partition coefficient (Wildman–Crippen LogP) is 3.05. The third kappa shape index (κ3) is 2.55. The minimum atomic E-state index is -0.783. The van der Waals surface area contributed by atoms with Gasteiger partial charge in [0.2, 0.25) is 0 Å². The fourth-order valence-corrected chi connectivity index (χ4v) is 3.21. The van der Waals surface area contributed by atoms with Gasteiger partial charge in [0.05, 0.1) is 32.3 Å². The van der Waals surface area contributed by atoms with Gasteiger partial charge in [-0.1, -0.05) is 29.3 Å². The molecule has 0 aliphatic heterocycles. The number of hydrogen-bond donors (Lipinski definition) is 0. The number of benzene rings is 1. The molecule has 1 heterocycles. The summed E-state index contributed by atoms with van der Waals surface area (Å²) < 4.78 is 10.5. The number of rotatable bonds is 4. The second-order valence-corrected chi connectivity index (χ2v) is 6.07. The number of esters is 1. The molecule has 0 N–H and O–H groups in total. The molecule has 6 heteroatoms. The summed E-state index contributed by atoms with van der Waals surface area (Å²) >= 11 is 5.80. The van der Waals surface area contributed by atoms with Crippen molar-refractivity contribution in [3.8, 4) is 5.75 Å². The van der Waals surface area contributed by atoms with E-state index in [0.29, 0.717) is 17.3 Å². The minimum Gasteiger partial charge on any atom is -0.496 e. The Hall–Kier alpha value is -2.14. The van der Waals surface area contributed by atoms with Crippen molar-refractivity contribution >= 4 is 17.6 Å². The van der Waals surface area contributed by atoms with Crippen molar-refractivity contribution in [2.45, 2.75) is 24.7 Å². The Balaban J connectivity index is 2.09. The fraction of sp³-hybridized carbons (Fsp3) is 0.353. The second kappa shape index (κ2) is 5.81. The molecule has 0 spiro atoms. The molecule has 0 unspecified atom stereocenters. The standard InChI is InChI=1S/C17H17ClN2O3/c1-10-4-5-14(22-2)11(6-10)17(16(21)23-3)7-12(17)13-8-20-15(18)9-19-13/h4-6,8-9,12H,7H2,1-3H3/t12-,17-/m0/s1. The van der Waals surface area contributed by atoms with Crippen LogP contribution in [0.15, 0.2) is 30.6 Å². The fourth-order valence-electron chi connectivity index (χ4n) is 3.11. The van der Waals surface area contributed by atoms with Gasteiger partial charge in [0, 0.05) is 11.5 Å². The highest BCUT2D eigenvalue weighted by atomic mass is 35.5. The van der Waals surface area contributed by atoms with Crippen LogP contribution in [-0.2, 0) is 14.9 Å². The topological polar surface area (TPSA) is 61.3 Å². The van der Waals surface area contributed by atoms with Crippen molar-refractivity contribution in [2.75, 3.05) is 14.2 Å². The van der Waals surface area contributed by atoms with Crippen molar-refractivity contribution in [3.05, 3.63) is 52.6 Å².